The Hall–Kier alpha value is -3.52. The molecule has 3 N–H and O–H groups in total. The third-order valence-corrected chi connectivity index (χ3v) is 10.5. The summed E-state index contributed by atoms with van der Waals surface area (Å²) in [6.07, 6.45) is 1.66. The van der Waals surface area contributed by atoms with Gasteiger partial charge in [-0.3, -0.25) is 9.89 Å². The number of likely N-dealkylation sites (N-methyl/N-ethyl adjacent to an activating group) is 2. The maximum atomic E-state index is 14.6. The van der Waals surface area contributed by atoms with Crippen molar-refractivity contribution >= 4 is 33.1 Å². The Morgan fingerprint density at radius 1 is 1.16 bits per heavy atom. The van der Waals surface area contributed by atoms with Gasteiger partial charge in [0.15, 0.2) is 5.82 Å². The number of H-pyrrole nitrogens is 1. The Bertz CT molecular complexity index is 1600. The van der Waals surface area contributed by atoms with E-state index in [4.69, 9.17) is 4.74 Å². The Morgan fingerprint density at radius 2 is 1.89 bits per heavy atom. The number of ether oxygens (including phenoxy) is 1. The summed E-state index contributed by atoms with van der Waals surface area (Å²) < 4.78 is 48.5. The van der Waals surface area contributed by atoms with Crippen LogP contribution in [0.3, 0.4) is 0 Å². The van der Waals surface area contributed by atoms with Crippen molar-refractivity contribution < 1.29 is 22.3 Å². The molecule has 1 amide bonds. The number of nitrogens with one attached hydrogen (secondary N) is 3. The molecule has 0 bridgehead atoms. The summed E-state index contributed by atoms with van der Waals surface area (Å²) >= 11 is 0. The van der Waals surface area contributed by atoms with E-state index in [0.717, 1.165) is 44.2 Å². The monoisotopic (exact) mass is 627 g/mol. The third-order valence-electron chi connectivity index (χ3n) is 8.43. The summed E-state index contributed by atoms with van der Waals surface area (Å²) in [5.74, 6) is -0.946. The topological polar surface area (TPSA) is 123 Å². The molecule has 2 aliphatic heterocycles. The number of aromatic nitrogens is 2. The van der Waals surface area contributed by atoms with Gasteiger partial charge in [-0.15, -0.1) is 0 Å². The van der Waals surface area contributed by atoms with Crippen LogP contribution in [0.25, 0.3) is 0 Å². The predicted molar refractivity (Wildman–Crippen MR) is 169 cm³/mol. The van der Waals surface area contributed by atoms with Crippen LogP contribution in [0.5, 0.6) is 0 Å². The molecule has 0 radical (unpaired) electrons. The second-order valence-electron chi connectivity index (χ2n) is 12.0. The predicted octanol–water partition coefficient (Wildman–Crippen LogP) is 4.22. The smallest absolute Gasteiger partial charge is 0.258 e. The van der Waals surface area contributed by atoms with Gasteiger partial charge in [0.1, 0.15) is 10.7 Å². The van der Waals surface area contributed by atoms with Crippen molar-refractivity contribution in [1.29, 1.82) is 0 Å². The highest BCUT2D eigenvalue weighted by Gasteiger charge is 2.48. The fourth-order valence-electron chi connectivity index (χ4n) is 5.83. The van der Waals surface area contributed by atoms with E-state index in [-0.39, 0.29) is 24.3 Å². The number of hydrogen-bond donors (Lipinski definition) is 3. The number of sulfonamides is 1. The lowest BCUT2D eigenvalue weighted by Crippen LogP contribution is -2.41. The van der Waals surface area contributed by atoms with Crippen LogP contribution in [0.4, 0.5) is 21.6 Å². The Morgan fingerprint density at radius 3 is 2.57 bits per heavy atom. The number of hydrogen-bond acceptors (Lipinski definition) is 8. The zero-order valence-electron chi connectivity index (χ0n) is 26.0. The van der Waals surface area contributed by atoms with Crippen LogP contribution in [0.15, 0.2) is 47.4 Å². The molecule has 5 rings (SSSR count). The van der Waals surface area contributed by atoms with Crippen LogP contribution in [-0.2, 0) is 26.8 Å². The fraction of sp³-hybridized carbons (Fsp3) is 0.484. The first-order chi connectivity index (χ1) is 20.9. The molecule has 0 spiro atoms. The molecule has 3 heterocycles. The minimum Gasteiger partial charge on any atom is -0.381 e. The van der Waals surface area contributed by atoms with E-state index in [0.29, 0.717) is 35.7 Å². The minimum absolute atomic E-state index is 0.0748. The van der Waals surface area contributed by atoms with E-state index >= 15 is 0 Å². The number of nitrogens with zero attached hydrogens (tertiary/aromatic N) is 4. The highest BCUT2D eigenvalue weighted by Crippen LogP contribution is 2.44. The van der Waals surface area contributed by atoms with E-state index in [1.165, 1.54) is 22.5 Å². The number of carbonyl (C=O) groups is 1. The van der Waals surface area contributed by atoms with Crippen LogP contribution in [0, 0.1) is 5.82 Å². The highest BCUT2D eigenvalue weighted by atomic mass is 32.2. The molecule has 3 aromatic rings. The van der Waals surface area contributed by atoms with Gasteiger partial charge in [0.05, 0.1) is 16.8 Å². The third kappa shape index (κ3) is 6.32. The van der Waals surface area contributed by atoms with Crippen LogP contribution in [-0.4, -0.2) is 86.7 Å². The summed E-state index contributed by atoms with van der Waals surface area (Å²) in [6, 6.07) is 11.3. The SMILES string of the molecule is CCN(CCN(C)C)c1ccc(C(=O)Nc2n[nH]c3c2CN(S(=O)(=O)c2ccccc2F)C3(C)C)c(NC2CCOCC2)c1. The van der Waals surface area contributed by atoms with Crippen molar-refractivity contribution in [2.45, 2.75) is 56.6 Å². The zero-order chi connectivity index (χ0) is 31.6. The van der Waals surface area contributed by atoms with Gasteiger partial charge in [-0.1, -0.05) is 12.1 Å². The van der Waals surface area contributed by atoms with Gasteiger partial charge >= 0.3 is 0 Å². The fourth-order valence-corrected chi connectivity index (χ4v) is 7.62. The highest BCUT2D eigenvalue weighted by molar-refractivity contribution is 7.89. The lowest BCUT2D eigenvalue weighted by Gasteiger charge is -2.30. The summed E-state index contributed by atoms with van der Waals surface area (Å²) in [6.45, 7) is 9.35. The average Bonchev–Trinajstić information content (AvgIpc) is 3.51. The molecular weight excluding hydrogens is 585 g/mol. The first kappa shape index (κ1) is 31.9. The molecule has 0 unspecified atom stereocenters. The molecule has 13 heteroatoms. The van der Waals surface area contributed by atoms with Gasteiger partial charge in [0.25, 0.3) is 5.91 Å². The molecule has 238 valence electrons. The number of aromatic amines is 1. The average molecular weight is 628 g/mol. The number of amides is 1. The van der Waals surface area contributed by atoms with E-state index in [2.05, 4.69) is 37.6 Å². The molecule has 11 nitrogen and oxygen atoms in total. The normalized spacial score (nSPS) is 17.1. The Kier molecular flexibility index (Phi) is 9.30. The molecule has 1 aromatic heterocycles. The van der Waals surface area contributed by atoms with Crippen molar-refractivity contribution in [3.8, 4) is 0 Å². The molecule has 0 aliphatic carbocycles. The molecule has 44 heavy (non-hydrogen) atoms. The largest absolute Gasteiger partial charge is 0.381 e. The number of carbonyl (C=O) groups excluding carboxylic acids is 1. The second-order valence-corrected chi connectivity index (χ2v) is 13.9. The quantitative estimate of drug-likeness (QED) is 0.289. The van der Waals surface area contributed by atoms with Crippen molar-refractivity contribution in [3.63, 3.8) is 0 Å². The van der Waals surface area contributed by atoms with Crippen molar-refractivity contribution in [1.82, 2.24) is 19.4 Å². The van der Waals surface area contributed by atoms with Gasteiger partial charge in [-0.25, -0.2) is 12.8 Å². The van der Waals surface area contributed by atoms with E-state index in [1.54, 1.807) is 13.8 Å². The first-order valence-electron chi connectivity index (χ1n) is 15.0. The standard InChI is InChI=1S/C31H42FN7O4S/c1-6-38(16-15-37(4)5)22-11-12-23(26(19-22)33-21-13-17-43-18-14-21)30(40)34-29-24-20-39(31(2,3)28(24)35-36-29)44(41,42)27-10-8-7-9-25(27)32/h7-12,19,21,33H,6,13-18,20H2,1-5H3,(H2,34,35,36,40). The summed E-state index contributed by atoms with van der Waals surface area (Å²) in [5, 5.41) is 13.8. The van der Waals surface area contributed by atoms with Gasteiger partial charge in [-0.05, 0) is 78.0 Å². The molecule has 2 aliphatic rings. The number of rotatable bonds is 11. The van der Waals surface area contributed by atoms with Gasteiger partial charge in [0, 0.05) is 62.4 Å². The molecule has 0 saturated carbocycles. The zero-order valence-corrected chi connectivity index (χ0v) is 26.8. The van der Waals surface area contributed by atoms with Gasteiger partial charge in [-0.2, -0.15) is 9.40 Å². The maximum absolute atomic E-state index is 14.6. The molecule has 1 saturated heterocycles. The van der Waals surface area contributed by atoms with Crippen LogP contribution in [0.1, 0.15) is 55.2 Å². The van der Waals surface area contributed by atoms with E-state index in [9.17, 15) is 17.6 Å². The van der Waals surface area contributed by atoms with Crippen molar-refractivity contribution in [2.75, 3.05) is 62.5 Å². The van der Waals surface area contributed by atoms with E-state index < -0.39 is 26.3 Å². The minimum atomic E-state index is -4.19. The van der Waals surface area contributed by atoms with Crippen LogP contribution < -0.4 is 15.5 Å². The summed E-state index contributed by atoms with van der Waals surface area (Å²) in [4.78, 5) is 17.8. The molecule has 1 fully saturated rings. The summed E-state index contributed by atoms with van der Waals surface area (Å²) in [5.41, 5.74) is 2.21. The van der Waals surface area contributed by atoms with Crippen molar-refractivity contribution in [2.24, 2.45) is 0 Å². The Balaban J connectivity index is 1.42. The number of halogens is 1. The van der Waals surface area contributed by atoms with Gasteiger partial charge in [0.2, 0.25) is 10.0 Å². The lowest BCUT2D eigenvalue weighted by atomic mass is 10.0. The number of anilines is 3. The van der Waals surface area contributed by atoms with Gasteiger partial charge < -0.3 is 25.2 Å². The number of fused-ring (bicyclic) bond motifs is 1. The second kappa shape index (κ2) is 12.8. The Labute approximate surface area is 258 Å². The molecule has 2 aromatic carbocycles. The van der Waals surface area contributed by atoms with Crippen molar-refractivity contribution in [3.05, 3.63) is 65.1 Å². The maximum Gasteiger partial charge on any atom is 0.258 e. The summed E-state index contributed by atoms with van der Waals surface area (Å²) in [7, 11) is -0.106. The number of benzene rings is 2. The van der Waals surface area contributed by atoms with Crippen LogP contribution in [0.2, 0.25) is 0 Å². The molecule has 0 atom stereocenters. The molecular formula is C31H42FN7O4S. The first-order valence-corrected chi connectivity index (χ1v) is 16.4. The van der Waals surface area contributed by atoms with Crippen LogP contribution >= 0.6 is 0 Å². The lowest BCUT2D eigenvalue weighted by molar-refractivity contribution is 0.0904. The van der Waals surface area contributed by atoms with E-state index in [1.807, 2.05) is 32.3 Å².